The van der Waals surface area contributed by atoms with Crippen LogP contribution in [0.25, 0.3) is 0 Å². The lowest BCUT2D eigenvalue weighted by molar-refractivity contribution is 0.294. The van der Waals surface area contributed by atoms with E-state index in [1.165, 1.54) is 11.1 Å². The molecule has 1 aliphatic heterocycles. The zero-order valence-electron chi connectivity index (χ0n) is 13.8. The molecule has 1 heterocycles. The topological polar surface area (TPSA) is 37.4 Å². The Morgan fingerprint density at radius 2 is 1.79 bits per heavy atom. The quantitative estimate of drug-likeness (QED) is 0.718. The van der Waals surface area contributed by atoms with Gasteiger partial charge in [0.05, 0.1) is 4.90 Å². The fourth-order valence-corrected chi connectivity index (χ4v) is 4.55. The molecule has 1 aliphatic rings. The third kappa shape index (κ3) is 3.33. The number of halogens is 2. The Labute approximate surface area is 152 Å². The van der Waals surface area contributed by atoms with Gasteiger partial charge in [-0.2, -0.15) is 0 Å². The summed E-state index contributed by atoms with van der Waals surface area (Å²) in [5.74, 6) is 0.0644. The van der Waals surface area contributed by atoms with Gasteiger partial charge in [0, 0.05) is 34.7 Å². The van der Waals surface area contributed by atoms with Crippen molar-refractivity contribution in [2.45, 2.75) is 31.2 Å². The van der Waals surface area contributed by atoms with Crippen molar-refractivity contribution in [3.63, 3.8) is 0 Å². The molecule has 0 amide bonds. The first-order valence-corrected chi connectivity index (χ1v) is 10.4. The van der Waals surface area contributed by atoms with Gasteiger partial charge in [0.2, 0.25) is 0 Å². The summed E-state index contributed by atoms with van der Waals surface area (Å²) in [5, 5.41) is 0.708. The van der Waals surface area contributed by atoms with Crippen LogP contribution < -0.4 is 0 Å². The molecule has 3 rings (SSSR count). The Morgan fingerprint density at radius 1 is 1.08 bits per heavy atom. The van der Waals surface area contributed by atoms with Crippen molar-refractivity contribution in [1.29, 1.82) is 0 Å². The van der Waals surface area contributed by atoms with E-state index in [2.05, 4.69) is 18.9 Å². The zero-order chi connectivity index (χ0) is 17.6. The minimum absolute atomic E-state index is 0.0644. The van der Waals surface area contributed by atoms with Crippen molar-refractivity contribution in [1.82, 2.24) is 4.90 Å². The number of hydrogen-bond acceptors (Lipinski definition) is 3. The number of likely N-dealkylation sites (N-methyl/N-ethyl adjacent to an activating group) is 1. The average Bonchev–Trinajstić information content (AvgIpc) is 2.47. The maximum Gasteiger partial charge on any atom is 0.261 e. The van der Waals surface area contributed by atoms with Gasteiger partial charge in [-0.1, -0.05) is 17.7 Å². The number of nitrogens with zero attached hydrogens (tertiary/aromatic N) is 1. The van der Waals surface area contributed by atoms with Crippen molar-refractivity contribution in [2.75, 3.05) is 13.6 Å². The molecule has 0 N–H and O–H groups in total. The summed E-state index contributed by atoms with van der Waals surface area (Å²) in [6, 6.07) is 9.04. The summed E-state index contributed by atoms with van der Waals surface area (Å²) >= 11 is 6.28. The van der Waals surface area contributed by atoms with Crippen LogP contribution in [-0.2, 0) is 15.6 Å². The van der Waals surface area contributed by atoms with Crippen LogP contribution in [0.5, 0.6) is 0 Å². The fourth-order valence-electron chi connectivity index (χ4n) is 3.48. The molecule has 0 bridgehead atoms. The normalized spacial score (nSPS) is 18.5. The lowest BCUT2D eigenvalue weighted by atomic mass is 9.81. The average molecular weight is 384 g/mol. The Kier molecular flexibility index (Phi) is 4.69. The molecule has 0 spiro atoms. The summed E-state index contributed by atoms with van der Waals surface area (Å²) < 4.78 is 23.5. The zero-order valence-corrected chi connectivity index (χ0v) is 16.1. The van der Waals surface area contributed by atoms with Crippen LogP contribution in [0.3, 0.4) is 0 Å². The Morgan fingerprint density at radius 3 is 2.46 bits per heavy atom. The summed E-state index contributed by atoms with van der Waals surface area (Å²) in [6.07, 6.45) is 0. The van der Waals surface area contributed by atoms with Crippen LogP contribution in [0.4, 0.5) is 0 Å². The lowest BCUT2D eigenvalue weighted by Gasteiger charge is -2.34. The van der Waals surface area contributed by atoms with Gasteiger partial charge >= 0.3 is 0 Å². The molecule has 0 saturated carbocycles. The van der Waals surface area contributed by atoms with Crippen molar-refractivity contribution < 1.29 is 8.42 Å². The van der Waals surface area contributed by atoms with Gasteiger partial charge in [0.15, 0.2) is 0 Å². The second-order valence-electron chi connectivity index (χ2n) is 6.50. The molecule has 24 heavy (non-hydrogen) atoms. The van der Waals surface area contributed by atoms with Crippen LogP contribution in [0.1, 0.15) is 33.7 Å². The summed E-state index contributed by atoms with van der Waals surface area (Å²) in [4.78, 5) is 2.38. The summed E-state index contributed by atoms with van der Waals surface area (Å²) in [7, 11) is 3.86. The second kappa shape index (κ2) is 6.34. The van der Waals surface area contributed by atoms with Crippen molar-refractivity contribution in [2.24, 2.45) is 0 Å². The third-order valence-electron chi connectivity index (χ3n) is 4.68. The summed E-state index contributed by atoms with van der Waals surface area (Å²) in [5.41, 5.74) is 5.61. The standard InChI is InChI=1S/C18H19Cl2NO2S/c1-11-4-5-14(24(20,22)23)8-15(11)18-10-21(3)9-17-12(2)6-13(19)7-16(17)18/h4-8,18H,9-10H2,1-3H3. The van der Waals surface area contributed by atoms with Gasteiger partial charge in [-0.3, -0.25) is 0 Å². The van der Waals surface area contributed by atoms with E-state index < -0.39 is 9.05 Å². The van der Waals surface area contributed by atoms with Gasteiger partial charge in [0.1, 0.15) is 0 Å². The smallest absolute Gasteiger partial charge is 0.261 e. The maximum absolute atomic E-state index is 11.7. The Hall–Kier alpha value is -1.07. The fraction of sp³-hybridized carbons (Fsp3) is 0.333. The molecule has 2 aromatic carbocycles. The first-order valence-electron chi connectivity index (χ1n) is 7.69. The highest BCUT2D eigenvalue weighted by Gasteiger charge is 2.28. The monoisotopic (exact) mass is 383 g/mol. The Bertz CT molecular complexity index is 909. The molecule has 0 aliphatic carbocycles. The van der Waals surface area contributed by atoms with Crippen LogP contribution in [0.2, 0.25) is 5.02 Å². The highest BCUT2D eigenvalue weighted by molar-refractivity contribution is 8.13. The third-order valence-corrected chi connectivity index (χ3v) is 6.25. The molecular weight excluding hydrogens is 365 g/mol. The Balaban J connectivity index is 2.21. The molecule has 0 radical (unpaired) electrons. The molecule has 1 unspecified atom stereocenters. The SMILES string of the molecule is Cc1ccc(S(=O)(=O)Cl)cc1C1CN(C)Cc2c(C)cc(Cl)cc21. The largest absolute Gasteiger partial charge is 0.301 e. The molecule has 3 nitrogen and oxygen atoms in total. The van der Waals surface area contributed by atoms with Crippen molar-refractivity contribution >= 4 is 31.3 Å². The second-order valence-corrected chi connectivity index (χ2v) is 9.50. The number of hydrogen-bond donors (Lipinski definition) is 0. The van der Waals surface area contributed by atoms with Crippen LogP contribution >= 0.6 is 22.3 Å². The molecular formula is C18H19Cl2NO2S. The molecule has 128 valence electrons. The molecule has 0 saturated heterocycles. The molecule has 2 aromatic rings. The van der Waals surface area contributed by atoms with E-state index >= 15 is 0 Å². The van der Waals surface area contributed by atoms with Crippen LogP contribution in [-0.4, -0.2) is 26.9 Å². The van der Waals surface area contributed by atoms with E-state index in [0.717, 1.165) is 29.8 Å². The van der Waals surface area contributed by atoms with Crippen molar-refractivity contribution in [3.05, 3.63) is 63.2 Å². The van der Waals surface area contributed by atoms with Gasteiger partial charge in [0.25, 0.3) is 9.05 Å². The maximum atomic E-state index is 11.7. The van der Waals surface area contributed by atoms with E-state index in [0.29, 0.717) is 5.02 Å². The molecule has 0 aromatic heterocycles. The number of aryl methyl sites for hydroxylation is 2. The first kappa shape index (κ1) is 17.7. The van der Waals surface area contributed by atoms with Crippen molar-refractivity contribution in [3.8, 4) is 0 Å². The molecule has 0 fully saturated rings. The highest BCUT2D eigenvalue weighted by Crippen LogP contribution is 2.38. The minimum Gasteiger partial charge on any atom is -0.301 e. The summed E-state index contributed by atoms with van der Waals surface area (Å²) in [6.45, 7) is 5.72. The number of rotatable bonds is 2. The number of fused-ring (bicyclic) bond motifs is 1. The van der Waals surface area contributed by atoms with E-state index in [-0.39, 0.29) is 10.8 Å². The van der Waals surface area contributed by atoms with Gasteiger partial charge in [-0.05, 0) is 73.0 Å². The van der Waals surface area contributed by atoms with E-state index in [9.17, 15) is 8.42 Å². The van der Waals surface area contributed by atoms with Crippen LogP contribution in [0, 0.1) is 13.8 Å². The van der Waals surface area contributed by atoms with Gasteiger partial charge in [-0.25, -0.2) is 8.42 Å². The van der Waals surface area contributed by atoms with E-state index in [1.807, 2.05) is 25.1 Å². The molecule has 6 heteroatoms. The van der Waals surface area contributed by atoms with Crippen LogP contribution in [0.15, 0.2) is 35.2 Å². The van der Waals surface area contributed by atoms with E-state index in [1.54, 1.807) is 12.1 Å². The lowest BCUT2D eigenvalue weighted by Crippen LogP contribution is -2.32. The number of benzene rings is 2. The predicted octanol–water partition coefficient (Wildman–Crippen LogP) is 4.46. The first-order chi connectivity index (χ1) is 11.2. The minimum atomic E-state index is -3.76. The highest BCUT2D eigenvalue weighted by atomic mass is 35.7. The van der Waals surface area contributed by atoms with Gasteiger partial charge in [-0.15, -0.1) is 0 Å². The molecule has 1 atom stereocenters. The predicted molar refractivity (Wildman–Crippen MR) is 98.6 cm³/mol. The van der Waals surface area contributed by atoms with E-state index in [4.69, 9.17) is 22.3 Å². The van der Waals surface area contributed by atoms with Gasteiger partial charge < -0.3 is 4.90 Å².